The molecule has 2 heteroatoms. The highest BCUT2D eigenvalue weighted by atomic mass is 16.1. The summed E-state index contributed by atoms with van der Waals surface area (Å²) in [4.78, 5) is 14.0. The Morgan fingerprint density at radius 3 is 2.67 bits per heavy atom. The van der Waals surface area contributed by atoms with Gasteiger partial charge < -0.3 is 0 Å². The van der Waals surface area contributed by atoms with Crippen LogP contribution >= 0.6 is 0 Å². The van der Waals surface area contributed by atoms with Crippen molar-refractivity contribution in [1.82, 2.24) is 4.90 Å². The van der Waals surface area contributed by atoms with Crippen molar-refractivity contribution in [3.8, 4) is 0 Å². The monoisotopic (exact) mass is 209 g/mol. The summed E-state index contributed by atoms with van der Waals surface area (Å²) in [6.07, 6.45) is 5.32. The molecule has 0 N–H and O–H groups in total. The van der Waals surface area contributed by atoms with Crippen LogP contribution in [0.5, 0.6) is 0 Å². The fourth-order valence-corrected chi connectivity index (χ4v) is 2.94. The van der Waals surface area contributed by atoms with E-state index in [-0.39, 0.29) is 0 Å². The third kappa shape index (κ3) is 2.60. The van der Waals surface area contributed by atoms with Gasteiger partial charge in [-0.1, -0.05) is 13.8 Å². The Balaban J connectivity index is 1.90. The lowest BCUT2D eigenvalue weighted by Gasteiger charge is -2.41. The van der Waals surface area contributed by atoms with Gasteiger partial charge in [0, 0.05) is 25.4 Å². The van der Waals surface area contributed by atoms with Crippen molar-refractivity contribution in [3.63, 3.8) is 0 Å². The molecule has 2 fully saturated rings. The molecule has 0 aromatic rings. The van der Waals surface area contributed by atoms with Crippen LogP contribution in [0.4, 0.5) is 0 Å². The number of hydrogen-bond donors (Lipinski definition) is 0. The van der Waals surface area contributed by atoms with Crippen LogP contribution in [0.25, 0.3) is 0 Å². The standard InChI is InChI=1S/C13H23NO/c1-10-6-7-14(9-11(10)2)12-4-3-5-13(15)8-12/h10-12H,3-9H2,1-2H3. The second kappa shape index (κ2) is 4.65. The highest BCUT2D eigenvalue weighted by Gasteiger charge is 2.30. The van der Waals surface area contributed by atoms with E-state index in [9.17, 15) is 4.79 Å². The first-order chi connectivity index (χ1) is 7.16. The van der Waals surface area contributed by atoms with Crippen molar-refractivity contribution in [2.75, 3.05) is 13.1 Å². The van der Waals surface area contributed by atoms with E-state index in [1.807, 2.05) is 0 Å². The van der Waals surface area contributed by atoms with Gasteiger partial charge in [-0.15, -0.1) is 0 Å². The number of rotatable bonds is 1. The third-order valence-electron chi connectivity index (χ3n) is 4.34. The highest BCUT2D eigenvalue weighted by Crippen LogP contribution is 2.28. The minimum Gasteiger partial charge on any atom is -0.300 e. The molecule has 2 aliphatic rings. The molecule has 0 aromatic carbocycles. The van der Waals surface area contributed by atoms with E-state index in [4.69, 9.17) is 0 Å². The maximum atomic E-state index is 11.4. The fraction of sp³-hybridized carbons (Fsp3) is 0.923. The molecule has 1 saturated heterocycles. The summed E-state index contributed by atoms with van der Waals surface area (Å²) in [6.45, 7) is 7.12. The molecule has 2 rings (SSSR count). The molecular weight excluding hydrogens is 186 g/mol. The second-order valence-corrected chi connectivity index (χ2v) is 5.53. The van der Waals surface area contributed by atoms with E-state index in [0.29, 0.717) is 11.8 Å². The van der Waals surface area contributed by atoms with Gasteiger partial charge in [0.15, 0.2) is 0 Å². The number of hydrogen-bond acceptors (Lipinski definition) is 2. The summed E-state index contributed by atoms with van der Waals surface area (Å²) in [5, 5.41) is 0. The van der Waals surface area contributed by atoms with Crippen LogP contribution in [0.1, 0.15) is 46.0 Å². The summed E-state index contributed by atoms with van der Waals surface area (Å²) < 4.78 is 0. The Kier molecular flexibility index (Phi) is 3.45. The molecule has 1 saturated carbocycles. The van der Waals surface area contributed by atoms with E-state index in [0.717, 1.165) is 31.1 Å². The number of likely N-dealkylation sites (tertiary alicyclic amines) is 1. The largest absolute Gasteiger partial charge is 0.300 e. The Morgan fingerprint density at radius 2 is 2.00 bits per heavy atom. The van der Waals surface area contributed by atoms with Gasteiger partial charge in [0.2, 0.25) is 0 Å². The number of ketones is 1. The first-order valence-electron chi connectivity index (χ1n) is 6.42. The topological polar surface area (TPSA) is 20.3 Å². The van der Waals surface area contributed by atoms with Gasteiger partial charge in [0.1, 0.15) is 5.78 Å². The SMILES string of the molecule is CC1CCN(C2CCCC(=O)C2)CC1C. The summed E-state index contributed by atoms with van der Waals surface area (Å²) in [5.41, 5.74) is 0. The summed E-state index contributed by atoms with van der Waals surface area (Å²) in [7, 11) is 0. The average molecular weight is 209 g/mol. The first-order valence-corrected chi connectivity index (χ1v) is 6.42. The van der Waals surface area contributed by atoms with Crippen LogP contribution in [0.2, 0.25) is 0 Å². The molecule has 0 radical (unpaired) electrons. The van der Waals surface area contributed by atoms with Crippen LogP contribution in [0.15, 0.2) is 0 Å². The normalized spacial score (nSPS) is 39.3. The molecule has 0 amide bonds. The Morgan fingerprint density at radius 1 is 1.20 bits per heavy atom. The van der Waals surface area contributed by atoms with Gasteiger partial charge in [0.25, 0.3) is 0 Å². The molecule has 0 spiro atoms. The van der Waals surface area contributed by atoms with E-state index in [1.54, 1.807) is 0 Å². The van der Waals surface area contributed by atoms with Gasteiger partial charge in [-0.25, -0.2) is 0 Å². The number of carbonyl (C=O) groups is 1. The molecule has 1 aliphatic carbocycles. The van der Waals surface area contributed by atoms with Gasteiger partial charge in [-0.3, -0.25) is 9.69 Å². The van der Waals surface area contributed by atoms with Crippen molar-refractivity contribution in [3.05, 3.63) is 0 Å². The van der Waals surface area contributed by atoms with Gasteiger partial charge in [0.05, 0.1) is 0 Å². The molecule has 1 heterocycles. The van der Waals surface area contributed by atoms with Crippen molar-refractivity contribution >= 4 is 5.78 Å². The van der Waals surface area contributed by atoms with Crippen LogP contribution < -0.4 is 0 Å². The highest BCUT2D eigenvalue weighted by molar-refractivity contribution is 5.79. The van der Waals surface area contributed by atoms with E-state index in [1.165, 1.54) is 25.9 Å². The van der Waals surface area contributed by atoms with Gasteiger partial charge in [-0.2, -0.15) is 0 Å². The molecule has 3 atom stereocenters. The average Bonchev–Trinajstić information content (AvgIpc) is 2.22. The molecule has 0 aromatic heterocycles. The fourth-order valence-electron chi connectivity index (χ4n) is 2.94. The molecule has 0 bridgehead atoms. The minimum atomic E-state index is 0.484. The van der Waals surface area contributed by atoms with Gasteiger partial charge in [-0.05, 0) is 37.6 Å². The number of nitrogens with zero attached hydrogens (tertiary/aromatic N) is 1. The zero-order chi connectivity index (χ0) is 10.8. The predicted octanol–water partition coefficient (Wildman–Crippen LogP) is 2.48. The van der Waals surface area contributed by atoms with Crippen molar-refractivity contribution in [1.29, 1.82) is 0 Å². The number of Topliss-reactive ketones (excluding diaryl/α,β-unsaturated/α-hetero) is 1. The van der Waals surface area contributed by atoms with Crippen LogP contribution in [-0.4, -0.2) is 29.8 Å². The molecular formula is C13H23NO. The van der Waals surface area contributed by atoms with Crippen molar-refractivity contribution in [2.24, 2.45) is 11.8 Å². The number of piperidine rings is 1. The number of carbonyl (C=O) groups excluding carboxylic acids is 1. The predicted molar refractivity (Wildman–Crippen MR) is 61.8 cm³/mol. The molecule has 3 unspecified atom stereocenters. The van der Waals surface area contributed by atoms with Crippen molar-refractivity contribution in [2.45, 2.75) is 52.0 Å². The maximum Gasteiger partial charge on any atom is 0.134 e. The Bertz CT molecular complexity index is 239. The lowest BCUT2D eigenvalue weighted by Crippen LogP contribution is -2.46. The van der Waals surface area contributed by atoms with E-state index < -0.39 is 0 Å². The van der Waals surface area contributed by atoms with Crippen LogP contribution in [0.3, 0.4) is 0 Å². The minimum absolute atomic E-state index is 0.484. The molecule has 86 valence electrons. The van der Waals surface area contributed by atoms with Crippen LogP contribution in [-0.2, 0) is 4.79 Å². The quantitative estimate of drug-likeness (QED) is 0.661. The van der Waals surface area contributed by atoms with Crippen LogP contribution in [0, 0.1) is 11.8 Å². The zero-order valence-corrected chi connectivity index (χ0v) is 10.0. The van der Waals surface area contributed by atoms with E-state index in [2.05, 4.69) is 18.7 Å². The Labute approximate surface area is 93.0 Å². The smallest absolute Gasteiger partial charge is 0.134 e. The lowest BCUT2D eigenvalue weighted by molar-refractivity contribution is -0.122. The summed E-state index contributed by atoms with van der Waals surface area (Å²) in [5.74, 6) is 2.15. The third-order valence-corrected chi connectivity index (χ3v) is 4.34. The summed E-state index contributed by atoms with van der Waals surface area (Å²) >= 11 is 0. The zero-order valence-electron chi connectivity index (χ0n) is 10.0. The van der Waals surface area contributed by atoms with E-state index >= 15 is 0 Å². The second-order valence-electron chi connectivity index (χ2n) is 5.53. The Hall–Kier alpha value is -0.370. The molecule has 1 aliphatic heterocycles. The van der Waals surface area contributed by atoms with Crippen molar-refractivity contribution < 1.29 is 4.79 Å². The first kappa shape index (κ1) is 11.1. The van der Waals surface area contributed by atoms with Gasteiger partial charge >= 0.3 is 0 Å². The summed E-state index contributed by atoms with van der Waals surface area (Å²) in [6, 6.07) is 0.571. The molecule has 2 nitrogen and oxygen atoms in total. The lowest BCUT2D eigenvalue weighted by atomic mass is 9.85. The molecule has 15 heavy (non-hydrogen) atoms. The maximum absolute atomic E-state index is 11.4.